The van der Waals surface area contributed by atoms with Crippen molar-refractivity contribution in [3.05, 3.63) is 36.9 Å². The van der Waals surface area contributed by atoms with Gasteiger partial charge in [-0.15, -0.1) is 0 Å². The van der Waals surface area contributed by atoms with Gasteiger partial charge in [0.1, 0.15) is 0 Å². The number of benzene rings is 1. The molecule has 0 radical (unpaired) electrons. The average molecular weight is 315 g/mol. The van der Waals surface area contributed by atoms with Crippen LogP contribution >= 0.6 is 0 Å². The van der Waals surface area contributed by atoms with E-state index in [4.69, 9.17) is 9.47 Å². The zero-order valence-corrected chi connectivity index (χ0v) is 13.4. The van der Waals surface area contributed by atoms with E-state index in [2.05, 4.69) is 10.3 Å². The quantitative estimate of drug-likeness (QED) is 0.889. The number of carbonyl (C=O) groups is 1. The summed E-state index contributed by atoms with van der Waals surface area (Å²) in [6.45, 7) is 4.69. The number of rotatable bonds is 6. The number of anilines is 1. The highest BCUT2D eigenvalue weighted by Gasteiger charge is 2.34. The molecule has 1 amide bonds. The number of hydrogen-bond acceptors (Lipinski definition) is 4. The highest BCUT2D eigenvalue weighted by molar-refractivity contribution is 5.91. The Labute approximate surface area is 135 Å². The normalized spacial score (nSPS) is 18.9. The standard InChI is InChI=1S/C17H21N3O3/c1-3-17(2)22-14-7-6-13(11-15(14)23-17)19-16(21)5-4-9-20-10-8-18-12-20/h6-8,10-12H,3-5,9H2,1-2H3,(H,19,21)/t17-/m0/s1. The molecule has 3 rings (SSSR count). The third kappa shape index (κ3) is 3.64. The van der Waals surface area contributed by atoms with Crippen LogP contribution in [-0.4, -0.2) is 21.2 Å². The molecule has 2 aromatic rings. The molecule has 1 aromatic carbocycles. The molecule has 6 heteroatoms. The van der Waals surface area contributed by atoms with Crippen LogP contribution in [0.15, 0.2) is 36.9 Å². The summed E-state index contributed by atoms with van der Waals surface area (Å²) >= 11 is 0. The molecular formula is C17H21N3O3. The van der Waals surface area contributed by atoms with Crippen LogP contribution in [0.2, 0.25) is 0 Å². The van der Waals surface area contributed by atoms with E-state index in [1.807, 2.05) is 42.8 Å². The van der Waals surface area contributed by atoms with Gasteiger partial charge < -0.3 is 19.4 Å². The molecule has 122 valence electrons. The van der Waals surface area contributed by atoms with Gasteiger partial charge in [0.05, 0.1) is 6.33 Å². The lowest BCUT2D eigenvalue weighted by Crippen LogP contribution is -2.33. The maximum Gasteiger partial charge on any atom is 0.248 e. The molecule has 2 heterocycles. The monoisotopic (exact) mass is 315 g/mol. The van der Waals surface area contributed by atoms with E-state index in [0.29, 0.717) is 17.9 Å². The third-order valence-corrected chi connectivity index (χ3v) is 3.90. The van der Waals surface area contributed by atoms with Crippen molar-refractivity contribution >= 4 is 11.6 Å². The molecule has 0 bridgehead atoms. The van der Waals surface area contributed by atoms with E-state index >= 15 is 0 Å². The number of carbonyl (C=O) groups excluding carboxylic acids is 1. The average Bonchev–Trinajstić information content (AvgIpc) is 3.14. The first-order valence-corrected chi connectivity index (χ1v) is 7.86. The Morgan fingerprint density at radius 1 is 1.35 bits per heavy atom. The van der Waals surface area contributed by atoms with Crippen molar-refractivity contribution in [1.29, 1.82) is 0 Å². The van der Waals surface area contributed by atoms with E-state index in [9.17, 15) is 4.79 Å². The van der Waals surface area contributed by atoms with Gasteiger partial charge in [-0.2, -0.15) is 0 Å². The third-order valence-electron chi connectivity index (χ3n) is 3.90. The largest absolute Gasteiger partial charge is 0.449 e. The van der Waals surface area contributed by atoms with Gasteiger partial charge in [-0.3, -0.25) is 4.79 Å². The van der Waals surface area contributed by atoms with Gasteiger partial charge in [-0.1, -0.05) is 6.92 Å². The topological polar surface area (TPSA) is 65.4 Å². The molecule has 1 atom stereocenters. The molecule has 0 fully saturated rings. The van der Waals surface area contributed by atoms with Gasteiger partial charge >= 0.3 is 0 Å². The molecule has 23 heavy (non-hydrogen) atoms. The van der Waals surface area contributed by atoms with E-state index in [1.54, 1.807) is 12.5 Å². The zero-order valence-electron chi connectivity index (χ0n) is 13.4. The van der Waals surface area contributed by atoms with Crippen LogP contribution < -0.4 is 14.8 Å². The molecular weight excluding hydrogens is 294 g/mol. The van der Waals surface area contributed by atoms with Crippen molar-refractivity contribution < 1.29 is 14.3 Å². The number of fused-ring (bicyclic) bond motifs is 1. The Balaban J connectivity index is 1.53. The smallest absolute Gasteiger partial charge is 0.248 e. The maximum absolute atomic E-state index is 12.0. The van der Waals surface area contributed by atoms with Crippen LogP contribution in [0.4, 0.5) is 5.69 Å². The van der Waals surface area contributed by atoms with E-state index in [-0.39, 0.29) is 5.91 Å². The van der Waals surface area contributed by atoms with Crippen molar-refractivity contribution in [2.75, 3.05) is 5.32 Å². The van der Waals surface area contributed by atoms with Crippen LogP contribution in [-0.2, 0) is 11.3 Å². The highest BCUT2D eigenvalue weighted by Crippen LogP contribution is 2.42. The summed E-state index contributed by atoms with van der Waals surface area (Å²) in [6, 6.07) is 5.47. The number of nitrogens with one attached hydrogen (secondary N) is 1. The first-order chi connectivity index (χ1) is 11.1. The summed E-state index contributed by atoms with van der Waals surface area (Å²) in [5.41, 5.74) is 0.723. The van der Waals surface area contributed by atoms with E-state index < -0.39 is 5.79 Å². The lowest BCUT2D eigenvalue weighted by molar-refractivity contribution is -0.116. The van der Waals surface area contributed by atoms with Crippen LogP contribution in [0, 0.1) is 0 Å². The number of hydrogen-bond donors (Lipinski definition) is 1. The van der Waals surface area contributed by atoms with Gasteiger partial charge in [0.15, 0.2) is 11.5 Å². The predicted molar refractivity (Wildman–Crippen MR) is 86.5 cm³/mol. The van der Waals surface area contributed by atoms with E-state index in [1.165, 1.54) is 0 Å². The molecule has 0 spiro atoms. The number of imidazole rings is 1. The van der Waals surface area contributed by atoms with Crippen LogP contribution in [0.1, 0.15) is 33.1 Å². The van der Waals surface area contributed by atoms with Crippen molar-refractivity contribution in [3.63, 3.8) is 0 Å². The van der Waals surface area contributed by atoms with Crippen molar-refractivity contribution in [2.45, 2.75) is 45.4 Å². The lowest BCUT2D eigenvalue weighted by Gasteiger charge is -2.20. The minimum Gasteiger partial charge on any atom is -0.449 e. The fourth-order valence-corrected chi connectivity index (χ4v) is 2.44. The van der Waals surface area contributed by atoms with Crippen LogP contribution in [0.3, 0.4) is 0 Å². The SMILES string of the molecule is CC[C@@]1(C)Oc2ccc(NC(=O)CCCn3ccnc3)cc2O1. The fraction of sp³-hybridized carbons (Fsp3) is 0.412. The first-order valence-electron chi connectivity index (χ1n) is 7.86. The molecule has 0 unspecified atom stereocenters. The number of amides is 1. The number of nitrogens with zero attached hydrogens (tertiary/aromatic N) is 2. The molecule has 0 saturated heterocycles. The number of aryl methyl sites for hydroxylation is 1. The molecule has 1 aliphatic rings. The van der Waals surface area contributed by atoms with Crippen LogP contribution in [0.5, 0.6) is 11.5 Å². The minimum absolute atomic E-state index is 0.0118. The van der Waals surface area contributed by atoms with Crippen LogP contribution in [0.25, 0.3) is 0 Å². The second-order valence-electron chi connectivity index (χ2n) is 5.81. The Bertz CT molecular complexity index is 684. The van der Waals surface area contributed by atoms with Gasteiger partial charge in [0, 0.05) is 50.5 Å². The van der Waals surface area contributed by atoms with Crippen molar-refractivity contribution in [3.8, 4) is 11.5 Å². The molecule has 0 saturated carbocycles. The Morgan fingerprint density at radius 2 is 2.17 bits per heavy atom. The number of ether oxygens (including phenoxy) is 2. The van der Waals surface area contributed by atoms with Gasteiger partial charge in [-0.05, 0) is 18.6 Å². The second-order valence-corrected chi connectivity index (χ2v) is 5.81. The second kappa shape index (κ2) is 6.32. The minimum atomic E-state index is -0.615. The Morgan fingerprint density at radius 3 is 2.91 bits per heavy atom. The summed E-state index contributed by atoms with van der Waals surface area (Å²) in [5, 5.41) is 2.90. The molecule has 1 aromatic heterocycles. The van der Waals surface area contributed by atoms with Gasteiger partial charge in [-0.25, -0.2) is 4.98 Å². The summed E-state index contributed by atoms with van der Waals surface area (Å²) in [4.78, 5) is 16.0. The number of aromatic nitrogens is 2. The summed E-state index contributed by atoms with van der Waals surface area (Å²) in [6.07, 6.45) is 7.34. The Hall–Kier alpha value is -2.50. The first kappa shape index (κ1) is 15.4. The summed E-state index contributed by atoms with van der Waals surface area (Å²) in [5.74, 6) is 0.760. The van der Waals surface area contributed by atoms with Crippen molar-refractivity contribution in [1.82, 2.24) is 9.55 Å². The summed E-state index contributed by atoms with van der Waals surface area (Å²) < 4.78 is 13.5. The summed E-state index contributed by atoms with van der Waals surface area (Å²) in [7, 11) is 0. The van der Waals surface area contributed by atoms with Gasteiger partial charge in [0.25, 0.3) is 0 Å². The molecule has 1 N–H and O–H groups in total. The fourth-order valence-electron chi connectivity index (χ4n) is 2.44. The van der Waals surface area contributed by atoms with E-state index in [0.717, 1.165) is 25.1 Å². The maximum atomic E-state index is 12.0. The molecule has 0 aliphatic carbocycles. The van der Waals surface area contributed by atoms with Gasteiger partial charge in [0.2, 0.25) is 11.7 Å². The highest BCUT2D eigenvalue weighted by atomic mass is 16.7. The lowest BCUT2D eigenvalue weighted by atomic mass is 10.2. The Kier molecular flexibility index (Phi) is 4.23. The molecule has 6 nitrogen and oxygen atoms in total. The predicted octanol–water partition coefficient (Wildman–Crippen LogP) is 3.20. The molecule has 1 aliphatic heterocycles. The zero-order chi connectivity index (χ0) is 16.3. The van der Waals surface area contributed by atoms with Crippen molar-refractivity contribution in [2.24, 2.45) is 0 Å².